The van der Waals surface area contributed by atoms with Crippen molar-refractivity contribution in [2.75, 3.05) is 0 Å². The molecule has 0 N–H and O–H groups in total. The summed E-state index contributed by atoms with van der Waals surface area (Å²) in [6.07, 6.45) is 0. The third kappa shape index (κ3) is 147. The van der Waals surface area contributed by atoms with Gasteiger partial charge in [-0.25, -0.2) is 0 Å². The maximum absolute atomic E-state index is 8.25. The normalized spacial score (nSPS) is 15.8. The van der Waals surface area contributed by atoms with Gasteiger partial charge in [-0.2, -0.15) is 0 Å². The zero-order valence-electron chi connectivity index (χ0n) is 5.02. The van der Waals surface area contributed by atoms with Crippen molar-refractivity contribution in [3.63, 3.8) is 0 Å². The van der Waals surface area contributed by atoms with Crippen LogP contribution in [0.3, 0.4) is 0 Å². The van der Waals surface area contributed by atoms with Crippen LogP contribution in [-0.4, -0.2) is 6.47 Å². The van der Waals surface area contributed by atoms with Gasteiger partial charge in [-0.15, -0.1) is 0 Å². The summed E-state index contributed by atoms with van der Waals surface area (Å²) in [5, 5.41) is 8.25. The largest absolute Gasteiger partial charge is 1.00 e. The van der Waals surface area contributed by atoms with Crippen LogP contribution in [0.4, 0.5) is 0 Å². The van der Waals surface area contributed by atoms with E-state index in [2.05, 4.69) is 0 Å². The molecule has 0 aromatic heterocycles. The predicted octanol–water partition coefficient (Wildman–Crippen LogP) is -0.495. The van der Waals surface area contributed by atoms with Gasteiger partial charge >= 0.3 is 116 Å². The molecule has 0 saturated carbocycles. The topological polar surface area (TPSA) is 40.1 Å². The summed E-state index contributed by atoms with van der Waals surface area (Å²) in [6.45, 7) is -5.88. The smallest absolute Gasteiger partial charge is 1.00 e. The summed E-state index contributed by atoms with van der Waals surface area (Å²) < 4.78 is 0. The summed E-state index contributed by atoms with van der Waals surface area (Å²) in [4.78, 5) is 8.25. The molecule has 11 heavy (non-hydrogen) atoms. The molecule has 0 fully saturated rings. The van der Waals surface area contributed by atoms with Gasteiger partial charge in [0.15, 0.2) is 0 Å². The van der Waals surface area contributed by atoms with Gasteiger partial charge in [0.2, 0.25) is 0 Å². The summed E-state index contributed by atoms with van der Waals surface area (Å²) in [7, 11) is 30.4. The van der Waals surface area contributed by atoms with Crippen LogP contribution in [0.5, 0.6) is 0 Å². The second-order valence-electron chi connectivity index (χ2n) is 0.854. The van der Waals surface area contributed by atoms with Crippen LogP contribution in [0.2, 0.25) is 0 Å². The molecule has 0 aliphatic heterocycles. The third-order valence-corrected chi connectivity index (χ3v) is 0. The molecule has 10 heteroatoms. The van der Waals surface area contributed by atoms with E-state index in [-0.39, 0.29) is 51.4 Å². The first-order valence-electron chi connectivity index (χ1n) is 1.27. The number of rotatable bonds is 0. The first-order valence-corrected chi connectivity index (χ1v) is 20.2. The number of carboxylic acid groups (broad SMARTS) is 1. The van der Waals surface area contributed by atoms with E-state index in [0.717, 1.165) is 0 Å². The van der Waals surface area contributed by atoms with E-state index < -0.39 is 13.1 Å². The second kappa shape index (κ2) is 5.53. The second-order valence-corrected chi connectivity index (χ2v) is 55.9. The van der Waals surface area contributed by atoms with Gasteiger partial charge in [0, 0.05) is 6.47 Å². The first kappa shape index (κ1) is 20.0. The van der Waals surface area contributed by atoms with Crippen LogP contribution in [0.15, 0.2) is 0 Å². The predicted molar refractivity (Wildman–Crippen MR) is 41.2 cm³/mol. The van der Waals surface area contributed by atoms with Crippen molar-refractivity contribution in [2.24, 2.45) is 0 Å². The van der Waals surface area contributed by atoms with Gasteiger partial charge in [-0.3, -0.25) is 0 Å². The number of carbonyl (C=O) groups excluding carboxylic acids is 1. The minimum atomic E-state index is -5.38. The van der Waals surface area contributed by atoms with E-state index in [1.807, 2.05) is 0 Å². The minimum absolute atomic E-state index is 0. The molecule has 2 nitrogen and oxygen atoms in total. The monoisotopic (exact) mass is 486 g/mol. The minimum Gasteiger partial charge on any atom is 1.00 e. The van der Waals surface area contributed by atoms with E-state index in [4.69, 9.17) is 67.7 Å². The molecule has 0 aliphatic rings. The summed E-state index contributed by atoms with van der Waals surface area (Å²) in [5.74, 6) is 0. The van der Waals surface area contributed by atoms with E-state index in [9.17, 15) is 0 Å². The fraction of sp³-hybridized carbons (Fsp3) is 0. The molecule has 0 aromatic rings. The zero-order chi connectivity index (χ0) is 9.12. The molecule has 0 saturated heterocycles. The third-order valence-electron chi connectivity index (χ3n) is 0. The first-order chi connectivity index (χ1) is 3.86. The molecule has 68 valence electrons. The molecule has 0 heterocycles. The molecule has 0 radical (unpaired) electrons. The van der Waals surface area contributed by atoms with Crippen molar-refractivity contribution in [3.05, 3.63) is 0 Å². The zero-order valence-corrected chi connectivity index (χ0v) is 15.2. The molecule has 0 amide bonds. The Labute approximate surface area is 129 Å². The summed E-state index contributed by atoms with van der Waals surface area (Å²) >= 11 is 0. The van der Waals surface area contributed by atoms with Crippen LogP contribution < -0.4 is 56.5 Å². The van der Waals surface area contributed by atoms with Gasteiger partial charge in [-0.05, 0) is 0 Å². The van der Waals surface area contributed by atoms with Crippen LogP contribution in [0.1, 0.15) is 0 Å². The molecule has 0 bridgehead atoms. The Morgan fingerprint density at radius 2 is 1.00 bits per heavy atom. The molecule has 0 unspecified atom stereocenters. The number of hydrogen-bond donors (Lipinski definition) is 0. The Morgan fingerprint density at radius 3 is 1.00 bits per heavy atom. The Morgan fingerprint density at radius 1 is 1.00 bits per heavy atom. The number of halogens is 6. The van der Waals surface area contributed by atoms with Crippen molar-refractivity contribution in [2.45, 2.75) is 0 Å². The van der Waals surface area contributed by atoms with Gasteiger partial charge in [0.1, 0.15) is 0 Å². The average molecular weight is 487 g/mol. The number of hydrogen-bond acceptors (Lipinski definition) is 2. The van der Waals surface area contributed by atoms with Crippen molar-refractivity contribution in [1.29, 1.82) is 0 Å². The fourth-order valence-corrected chi connectivity index (χ4v) is 0. The Hall–Kier alpha value is 3.48. The summed E-state index contributed by atoms with van der Waals surface area (Å²) in [5.41, 5.74) is 0. The van der Waals surface area contributed by atoms with Gasteiger partial charge in [-0.1, -0.05) is 0 Å². The standard InChI is InChI=1S/CH2O2.6ClH.K.Os/c2-1-3;;;;;;;;/h1H,(H,2,3);6*1H;;/q;;;;;;;+1;+6/p-7. The Balaban J connectivity index is -0.000000140. The van der Waals surface area contributed by atoms with Crippen molar-refractivity contribution >= 4 is 64.3 Å². The molecule has 0 atom stereocenters. The maximum Gasteiger partial charge on any atom is 1.00 e. The van der Waals surface area contributed by atoms with E-state index in [1.54, 1.807) is 0 Å². The quantitative estimate of drug-likeness (QED) is 0.342. The molecular weight excluding hydrogens is 486 g/mol. The SMILES string of the molecule is O=C[O-].[Cl][Os]([Cl])([Cl])([Cl])([Cl])[Cl].[K+]. The Bertz CT molecular complexity index is 110. The van der Waals surface area contributed by atoms with Crippen molar-refractivity contribution in [3.8, 4) is 0 Å². The molecule has 0 rings (SSSR count). The fourth-order valence-electron chi connectivity index (χ4n) is 0. The van der Waals surface area contributed by atoms with E-state index in [1.165, 1.54) is 0 Å². The van der Waals surface area contributed by atoms with Gasteiger partial charge in [0.25, 0.3) is 0 Å². The van der Waals surface area contributed by atoms with E-state index in [0.29, 0.717) is 0 Å². The molecular formula is CHCl6KO2Os. The van der Waals surface area contributed by atoms with Crippen LogP contribution in [-0.2, 0) is 11.4 Å². The van der Waals surface area contributed by atoms with Crippen LogP contribution in [0, 0.1) is 0 Å². The molecule has 0 aromatic carbocycles. The average Bonchev–Trinajstić information content (AvgIpc) is 1.20. The number of carbonyl (C=O) groups is 1. The summed E-state index contributed by atoms with van der Waals surface area (Å²) in [6, 6.07) is 0. The van der Waals surface area contributed by atoms with Gasteiger partial charge in [0.05, 0.1) is 0 Å². The maximum atomic E-state index is 8.25. The molecule has 0 spiro atoms. The molecule has 0 aliphatic carbocycles. The van der Waals surface area contributed by atoms with Crippen LogP contribution in [0.25, 0.3) is 0 Å². The van der Waals surface area contributed by atoms with Crippen LogP contribution >= 0.6 is 57.8 Å². The Kier molecular flexibility index (Phi) is 10.0. The van der Waals surface area contributed by atoms with Crippen molar-refractivity contribution < 1.29 is 67.9 Å². The van der Waals surface area contributed by atoms with Gasteiger partial charge < -0.3 is 9.90 Å². The van der Waals surface area contributed by atoms with Crippen molar-refractivity contribution in [1.82, 2.24) is 0 Å². The van der Waals surface area contributed by atoms with E-state index >= 15 is 0 Å².